The van der Waals surface area contributed by atoms with Crippen LogP contribution < -0.4 is 27.0 Å². The number of rotatable bonds is 14. The highest BCUT2D eigenvalue weighted by molar-refractivity contribution is 5.99. The monoisotopic (exact) mass is 1140 g/mol. The maximum atomic E-state index is 14.9. The molecule has 81 heavy (non-hydrogen) atoms. The van der Waals surface area contributed by atoms with E-state index < -0.39 is 169 Å². The molecule has 24 heteroatoms. The van der Waals surface area contributed by atoms with Crippen LogP contribution in [0.15, 0.2) is 30.3 Å². The lowest BCUT2D eigenvalue weighted by atomic mass is 9.93. The van der Waals surface area contributed by atoms with Crippen LogP contribution in [0.5, 0.6) is 0 Å². The summed E-state index contributed by atoms with van der Waals surface area (Å²) in [7, 11) is 3.96. The number of carbonyl (C=O) groups excluding carboxylic acids is 11. The number of piperidine rings is 1. The van der Waals surface area contributed by atoms with E-state index in [0.717, 1.165) is 14.7 Å². The van der Waals surface area contributed by atoms with E-state index in [1.165, 1.54) is 30.9 Å². The lowest BCUT2D eigenvalue weighted by Gasteiger charge is -2.40. The van der Waals surface area contributed by atoms with Crippen LogP contribution in [0.4, 0.5) is 0 Å². The second-order valence-electron chi connectivity index (χ2n) is 22.6. The molecular formula is C57H88N10O14. The van der Waals surface area contributed by atoms with E-state index in [0.29, 0.717) is 31.2 Å². The molecule has 0 aliphatic carbocycles. The van der Waals surface area contributed by atoms with Crippen LogP contribution in [0, 0.1) is 23.7 Å². The van der Waals surface area contributed by atoms with Crippen molar-refractivity contribution in [3.05, 3.63) is 35.9 Å². The molecule has 0 bridgehead atoms. The summed E-state index contributed by atoms with van der Waals surface area (Å²) in [6.07, 6.45) is -0.910. The van der Waals surface area contributed by atoms with Crippen LogP contribution in [-0.4, -0.2) is 196 Å². The van der Waals surface area contributed by atoms with Gasteiger partial charge in [-0.05, 0) is 74.7 Å². The molecule has 3 fully saturated rings. The van der Waals surface area contributed by atoms with Gasteiger partial charge in [0, 0.05) is 59.4 Å². The molecule has 4 rings (SSSR count). The van der Waals surface area contributed by atoms with Gasteiger partial charge in [0.25, 0.3) is 5.91 Å². The zero-order valence-electron chi connectivity index (χ0n) is 49.1. The van der Waals surface area contributed by atoms with Crippen molar-refractivity contribution >= 4 is 71.0 Å². The van der Waals surface area contributed by atoms with Crippen LogP contribution in [-0.2, 0) is 68.7 Å². The molecule has 24 nitrogen and oxygen atoms in total. The molecule has 0 saturated carbocycles. The summed E-state index contributed by atoms with van der Waals surface area (Å²) in [5.74, 6) is -12.2. The van der Waals surface area contributed by atoms with Gasteiger partial charge in [0.1, 0.15) is 48.3 Å². The van der Waals surface area contributed by atoms with Crippen molar-refractivity contribution in [1.82, 2.24) is 45.8 Å². The Morgan fingerprint density at radius 1 is 0.630 bits per heavy atom. The standard InChI is InChI=1S/C57H88N10O14/c1-12-34(7)46-55(78)67-28-18-17-22-40(67)51(74)61-45(32(3)4)54(77)64(10)41(25-27-44(70)71)57(80)81-48(35(8)13-2)52(75)60-37(30-36-20-15-14-16-21-36)53(76)66-29-19-23-39(66)49(72)59-31-43(69)65(11)47(33(5)6)56(79)63(9)38(50(73)62-46)24-26-42(58)68/h14-16,20-21,32-35,37-41,45-48H,12-13,17-19,22-31H2,1-11H3,(H2,58,68)(H,59,72)(H,60,75)(H,61,74)(H,62,73)(H,70,71)/t34?,35?,37-,38-,39-,40-,41-,45-,46-,47-,48-/m0/s1. The number of nitrogens with two attached hydrogens (primary N) is 1. The number of benzene rings is 1. The Labute approximate surface area is 475 Å². The minimum atomic E-state index is -1.60. The van der Waals surface area contributed by atoms with Gasteiger partial charge in [0.15, 0.2) is 6.10 Å². The van der Waals surface area contributed by atoms with Crippen molar-refractivity contribution in [1.29, 1.82) is 0 Å². The van der Waals surface area contributed by atoms with E-state index in [2.05, 4.69) is 21.3 Å². The zero-order chi connectivity index (χ0) is 60.6. The minimum Gasteiger partial charge on any atom is -0.481 e. The molecule has 10 amide bonds. The van der Waals surface area contributed by atoms with Gasteiger partial charge in [-0.25, -0.2) is 4.79 Å². The third-order valence-corrected chi connectivity index (χ3v) is 16.1. The van der Waals surface area contributed by atoms with E-state index in [1.807, 2.05) is 0 Å². The van der Waals surface area contributed by atoms with Crippen molar-refractivity contribution in [2.45, 2.75) is 187 Å². The minimum absolute atomic E-state index is 0.0587. The quantitative estimate of drug-likeness (QED) is 0.142. The fourth-order valence-electron chi connectivity index (χ4n) is 10.7. The number of likely N-dealkylation sites (N-methyl/N-ethyl adjacent to an activating group) is 3. The Balaban J connectivity index is 1.87. The molecule has 0 spiro atoms. The van der Waals surface area contributed by atoms with Crippen LogP contribution in [0.1, 0.15) is 132 Å². The first-order valence-electron chi connectivity index (χ1n) is 28.5. The highest BCUT2D eigenvalue weighted by Gasteiger charge is 2.45. The topological polar surface area (TPSA) is 325 Å². The number of fused-ring (bicyclic) bond motifs is 2. The first-order chi connectivity index (χ1) is 38.2. The number of hydrogen-bond donors (Lipinski definition) is 6. The number of primary amides is 1. The van der Waals surface area contributed by atoms with Gasteiger partial charge in [0.05, 0.1) is 6.54 Å². The fraction of sp³-hybridized carbons (Fsp3) is 0.684. The average Bonchev–Trinajstić information content (AvgIpc) is 3.93. The second kappa shape index (κ2) is 30.6. The van der Waals surface area contributed by atoms with E-state index in [1.54, 1.807) is 85.7 Å². The number of hydrogen-bond acceptors (Lipinski definition) is 13. The smallest absolute Gasteiger partial charge is 0.329 e. The molecule has 7 N–H and O–H groups in total. The van der Waals surface area contributed by atoms with E-state index in [-0.39, 0.29) is 51.6 Å². The predicted molar refractivity (Wildman–Crippen MR) is 296 cm³/mol. The SMILES string of the molecule is CCC(C)[C@@H]1NC(=O)[C@H](CCC(N)=O)N(C)C(=O)[C@H](C(C)C)N(C)C(=O)CNC(=O)[C@@H]2CCCN2C(=O)[C@H](Cc2ccccc2)NC(=O)[C@H](C(C)CC)OC(=O)[C@H](CCC(=O)O)N(C)C(=O)[C@H](C(C)C)NC(=O)[C@@H]2CCCCN2C1=O. The average molecular weight is 1140 g/mol. The summed E-state index contributed by atoms with van der Waals surface area (Å²) in [6, 6.07) is -1.65. The molecule has 11 atom stereocenters. The fourth-order valence-corrected chi connectivity index (χ4v) is 10.7. The Bertz CT molecular complexity index is 2440. The van der Waals surface area contributed by atoms with Crippen molar-refractivity contribution in [2.75, 3.05) is 40.8 Å². The van der Waals surface area contributed by atoms with E-state index in [4.69, 9.17) is 10.5 Å². The third-order valence-electron chi connectivity index (χ3n) is 16.1. The lowest BCUT2D eigenvalue weighted by molar-refractivity contribution is -0.167. The summed E-state index contributed by atoms with van der Waals surface area (Å²) in [6.45, 7) is 13.2. The normalized spacial score (nSPS) is 27.0. The number of esters is 1. The molecule has 3 aliphatic rings. The van der Waals surface area contributed by atoms with Gasteiger partial charge in [-0.15, -0.1) is 0 Å². The van der Waals surface area contributed by atoms with Gasteiger partial charge < -0.3 is 61.3 Å². The maximum absolute atomic E-state index is 14.9. The molecule has 2 unspecified atom stereocenters. The molecule has 0 radical (unpaired) electrons. The largest absolute Gasteiger partial charge is 0.481 e. The maximum Gasteiger partial charge on any atom is 0.329 e. The number of nitrogens with one attached hydrogen (secondary N) is 4. The lowest BCUT2D eigenvalue weighted by Crippen LogP contribution is -2.63. The number of cyclic esters (lactones) is 1. The molecule has 1 aromatic rings. The molecular weight excluding hydrogens is 1050 g/mol. The number of ether oxygens (including phenoxy) is 1. The number of nitrogens with zero attached hydrogens (tertiary/aromatic N) is 5. The molecule has 1 aromatic carbocycles. The van der Waals surface area contributed by atoms with Gasteiger partial charge >= 0.3 is 11.9 Å². The van der Waals surface area contributed by atoms with Gasteiger partial charge in [-0.1, -0.05) is 92.1 Å². The van der Waals surface area contributed by atoms with E-state index >= 15 is 0 Å². The Kier molecular flexibility index (Phi) is 25.1. The first kappa shape index (κ1) is 66.4. The molecule has 3 aliphatic heterocycles. The Hall–Kier alpha value is -7.14. The van der Waals surface area contributed by atoms with Crippen LogP contribution in [0.3, 0.4) is 0 Å². The van der Waals surface area contributed by atoms with Crippen LogP contribution >= 0.6 is 0 Å². The van der Waals surface area contributed by atoms with Crippen molar-refractivity contribution in [3.63, 3.8) is 0 Å². The summed E-state index contributed by atoms with van der Waals surface area (Å²) in [5.41, 5.74) is 6.20. The summed E-state index contributed by atoms with van der Waals surface area (Å²) < 4.78 is 5.97. The molecule has 3 saturated heterocycles. The Morgan fingerprint density at radius 3 is 1.79 bits per heavy atom. The first-order valence-corrected chi connectivity index (χ1v) is 28.5. The van der Waals surface area contributed by atoms with Crippen molar-refractivity contribution in [2.24, 2.45) is 29.4 Å². The summed E-state index contributed by atoms with van der Waals surface area (Å²) >= 11 is 0. The number of aliphatic carboxylic acids is 1. The summed E-state index contributed by atoms with van der Waals surface area (Å²) in [4.78, 5) is 176. The predicted octanol–water partition coefficient (Wildman–Crippen LogP) is 1.11. The van der Waals surface area contributed by atoms with Crippen LogP contribution in [0.25, 0.3) is 0 Å². The molecule has 0 aromatic heterocycles. The highest BCUT2D eigenvalue weighted by atomic mass is 16.6. The number of carboxylic acid groups (broad SMARTS) is 1. The molecule has 450 valence electrons. The van der Waals surface area contributed by atoms with Crippen LogP contribution in [0.2, 0.25) is 0 Å². The number of amides is 10. The van der Waals surface area contributed by atoms with Gasteiger partial charge in [-0.3, -0.25) is 52.7 Å². The highest BCUT2D eigenvalue weighted by Crippen LogP contribution is 2.26. The zero-order valence-corrected chi connectivity index (χ0v) is 49.1. The van der Waals surface area contributed by atoms with E-state index in [9.17, 15) is 62.6 Å². The van der Waals surface area contributed by atoms with Gasteiger partial charge in [0.2, 0.25) is 53.2 Å². The summed E-state index contributed by atoms with van der Waals surface area (Å²) in [5, 5.41) is 20.8. The Morgan fingerprint density at radius 2 is 1.20 bits per heavy atom. The third kappa shape index (κ3) is 17.4. The molecule has 3 heterocycles. The number of carboxylic acids is 1. The van der Waals surface area contributed by atoms with Crippen molar-refractivity contribution < 1.29 is 67.4 Å². The second-order valence-corrected chi connectivity index (χ2v) is 22.6. The number of carbonyl (C=O) groups is 12. The van der Waals surface area contributed by atoms with Gasteiger partial charge in [-0.2, -0.15) is 0 Å². The van der Waals surface area contributed by atoms with Crippen molar-refractivity contribution in [3.8, 4) is 0 Å².